The van der Waals surface area contributed by atoms with Crippen molar-refractivity contribution < 1.29 is 30.7 Å². The highest BCUT2D eigenvalue weighted by atomic mass is 19.4. The average Bonchev–Trinajstić information content (AvgIpc) is 2.66. The van der Waals surface area contributed by atoms with Gasteiger partial charge >= 0.3 is 6.18 Å². The fourth-order valence-electron chi connectivity index (χ4n) is 3.23. The number of benzene rings is 3. The van der Waals surface area contributed by atoms with Crippen LogP contribution in [-0.4, -0.2) is 6.18 Å². The van der Waals surface area contributed by atoms with Crippen molar-refractivity contribution in [3.05, 3.63) is 89.0 Å². The first-order valence-electron chi connectivity index (χ1n) is 9.42. The first kappa shape index (κ1) is 22.6. The van der Waals surface area contributed by atoms with Crippen LogP contribution in [0.3, 0.4) is 0 Å². The molecule has 0 nitrogen and oxygen atoms in total. The number of allylic oxidation sites excluding steroid dienone is 1. The molecule has 0 bridgehead atoms. The Bertz CT molecular complexity index is 1100. The number of alkyl halides is 3. The topological polar surface area (TPSA) is 0 Å². The third-order valence-electron chi connectivity index (χ3n) is 4.68. The molecule has 162 valence electrons. The third-order valence-corrected chi connectivity index (χ3v) is 4.68. The minimum absolute atomic E-state index is 0.170. The summed E-state index contributed by atoms with van der Waals surface area (Å²) in [6, 6.07) is 9.84. The Balaban J connectivity index is 1.96. The maximum atomic E-state index is 14.7. The Morgan fingerprint density at radius 3 is 1.81 bits per heavy atom. The summed E-state index contributed by atoms with van der Waals surface area (Å²) in [6.07, 6.45) is -3.19. The van der Waals surface area contributed by atoms with Crippen LogP contribution in [0.1, 0.15) is 24.5 Å². The molecule has 0 aromatic heterocycles. The van der Waals surface area contributed by atoms with E-state index in [0.29, 0.717) is 6.42 Å². The Hall–Kier alpha value is -3.09. The Morgan fingerprint density at radius 2 is 1.26 bits per heavy atom. The summed E-state index contributed by atoms with van der Waals surface area (Å²) >= 11 is 0. The van der Waals surface area contributed by atoms with Crippen LogP contribution in [0.5, 0.6) is 0 Å². The molecule has 0 saturated heterocycles. The van der Waals surface area contributed by atoms with E-state index >= 15 is 0 Å². The van der Waals surface area contributed by atoms with Crippen molar-refractivity contribution in [2.24, 2.45) is 0 Å². The maximum Gasteiger partial charge on any atom is 0.409 e. The number of rotatable bonds is 5. The van der Waals surface area contributed by atoms with E-state index in [1.807, 2.05) is 6.92 Å². The van der Waals surface area contributed by atoms with Gasteiger partial charge in [-0.3, -0.25) is 0 Å². The molecule has 3 rings (SSSR count). The number of hydrogen-bond donors (Lipinski definition) is 0. The Morgan fingerprint density at radius 1 is 0.710 bits per heavy atom. The van der Waals surface area contributed by atoms with E-state index in [1.165, 1.54) is 24.3 Å². The second-order valence-corrected chi connectivity index (χ2v) is 6.99. The van der Waals surface area contributed by atoms with E-state index in [4.69, 9.17) is 0 Å². The van der Waals surface area contributed by atoms with Crippen molar-refractivity contribution in [1.29, 1.82) is 0 Å². The number of aryl methyl sites for hydroxylation is 1. The molecule has 0 radical (unpaired) electrons. The summed E-state index contributed by atoms with van der Waals surface area (Å²) in [6.45, 7) is 1.96. The molecule has 0 amide bonds. The van der Waals surface area contributed by atoms with Crippen LogP contribution in [0.25, 0.3) is 28.3 Å². The zero-order valence-corrected chi connectivity index (χ0v) is 16.3. The van der Waals surface area contributed by atoms with Crippen molar-refractivity contribution in [3.63, 3.8) is 0 Å². The van der Waals surface area contributed by atoms with Crippen LogP contribution in [0.15, 0.2) is 54.6 Å². The molecular formula is C24H17F7. The minimum atomic E-state index is -4.73. The fourth-order valence-corrected chi connectivity index (χ4v) is 3.23. The van der Waals surface area contributed by atoms with Crippen molar-refractivity contribution in [3.8, 4) is 22.3 Å². The lowest BCUT2D eigenvalue weighted by molar-refractivity contribution is -0.0790. The molecule has 31 heavy (non-hydrogen) atoms. The van der Waals surface area contributed by atoms with E-state index in [9.17, 15) is 30.7 Å². The molecule has 3 aromatic rings. The molecule has 0 fully saturated rings. The lowest BCUT2D eigenvalue weighted by Gasteiger charge is -2.10. The highest BCUT2D eigenvalue weighted by Crippen LogP contribution is 2.32. The van der Waals surface area contributed by atoms with E-state index in [-0.39, 0.29) is 34.4 Å². The molecule has 3 aromatic carbocycles. The summed E-state index contributed by atoms with van der Waals surface area (Å²) in [7, 11) is 0. The molecule has 0 saturated carbocycles. The summed E-state index contributed by atoms with van der Waals surface area (Å²) in [5.74, 6) is -3.91. The van der Waals surface area contributed by atoms with Crippen molar-refractivity contribution in [1.82, 2.24) is 0 Å². The van der Waals surface area contributed by atoms with Gasteiger partial charge < -0.3 is 0 Å². The zero-order valence-electron chi connectivity index (χ0n) is 16.3. The van der Waals surface area contributed by atoms with Crippen molar-refractivity contribution >= 4 is 6.08 Å². The van der Waals surface area contributed by atoms with Gasteiger partial charge in [-0.05, 0) is 53.5 Å². The molecule has 7 heteroatoms. The second-order valence-electron chi connectivity index (χ2n) is 6.99. The fraction of sp³-hybridized carbons (Fsp3) is 0.167. The molecule has 0 spiro atoms. The van der Waals surface area contributed by atoms with Crippen LogP contribution in [-0.2, 0) is 6.42 Å². The summed E-state index contributed by atoms with van der Waals surface area (Å²) in [4.78, 5) is 0. The molecule has 0 N–H and O–H groups in total. The zero-order chi connectivity index (χ0) is 22.8. The molecule has 0 aliphatic rings. The van der Waals surface area contributed by atoms with Gasteiger partial charge in [-0.1, -0.05) is 37.6 Å². The standard InChI is InChI=1S/C24H17F7/c1-2-3-14-4-6-17(20(25)10-14)15-5-7-18(21(26)11-15)16-12-22(27)19(23(28)13-16)8-9-24(29,30)31/h4-13H,2-3H2,1H3/b9-8+. The molecule has 0 aliphatic heterocycles. The van der Waals surface area contributed by atoms with Gasteiger partial charge in [0.25, 0.3) is 0 Å². The molecule has 0 heterocycles. The summed E-state index contributed by atoms with van der Waals surface area (Å²) < 4.78 is 94.2. The minimum Gasteiger partial charge on any atom is -0.206 e. The highest BCUT2D eigenvalue weighted by Gasteiger charge is 2.23. The van der Waals surface area contributed by atoms with Crippen LogP contribution in [0.2, 0.25) is 0 Å². The smallest absolute Gasteiger partial charge is 0.206 e. The van der Waals surface area contributed by atoms with Crippen LogP contribution < -0.4 is 0 Å². The Labute approximate surface area is 174 Å². The van der Waals surface area contributed by atoms with E-state index < -0.39 is 35.0 Å². The van der Waals surface area contributed by atoms with Gasteiger partial charge in [-0.15, -0.1) is 0 Å². The number of halogens is 7. The first-order chi connectivity index (χ1) is 14.6. The van der Waals surface area contributed by atoms with E-state index in [0.717, 1.165) is 30.2 Å². The van der Waals surface area contributed by atoms with Gasteiger partial charge in [0, 0.05) is 22.8 Å². The molecule has 0 unspecified atom stereocenters. The van der Waals surface area contributed by atoms with Gasteiger partial charge in [0.2, 0.25) is 0 Å². The van der Waals surface area contributed by atoms with Gasteiger partial charge in [-0.25, -0.2) is 17.6 Å². The summed E-state index contributed by atoms with van der Waals surface area (Å²) in [5.41, 5.74) is -0.0144. The predicted octanol–water partition coefficient (Wildman–Crippen LogP) is 8.11. The van der Waals surface area contributed by atoms with Gasteiger partial charge in [0.15, 0.2) is 0 Å². The Kier molecular flexibility index (Phi) is 6.53. The highest BCUT2D eigenvalue weighted by molar-refractivity contribution is 5.72. The lowest BCUT2D eigenvalue weighted by Crippen LogP contribution is -2.01. The van der Waals surface area contributed by atoms with Gasteiger partial charge in [-0.2, -0.15) is 13.2 Å². The van der Waals surface area contributed by atoms with E-state index in [2.05, 4.69) is 0 Å². The molecular weight excluding hydrogens is 421 g/mol. The van der Waals surface area contributed by atoms with Crippen molar-refractivity contribution in [2.75, 3.05) is 0 Å². The molecule has 0 atom stereocenters. The largest absolute Gasteiger partial charge is 0.409 e. The van der Waals surface area contributed by atoms with Crippen molar-refractivity contribution in [2.45, 2.75) is 25.9 Å². The average molecular weight is 438 g/mol. The van der Waals surface area contributed by atoms with Crippen LogP contribution in [0.4, 0.5) is 30.7 Å². The lowest BCUT2D eigenvalue weighted by atomic mass is 9.97. The third kappa shape index (κ3) is 5.34. The molecule has 0 aliphatic carbocycles. The van der Waals surface area contributed by atoms with Gasteiger partial charge in [0.1, 0.15) is 23.3 Å². The van der Waals surface area contributed by atoms with Crippen LogP contribution in [0, 0.1) is 23.3 Å². The maximum absolute atomic E-state index is 14.7. The van der Waals surface area contributed by atoms with E-state index in [1.54, 1.807) is 6.07 Å². The normalized spacial score (nSPS) is 12.0. The quantitative estimate of drug-likeness (QED) is 0.353. The van der Waals surface area contributed by atoms with Crippen LogP contribution >= 0.6 is 0 Å². The second kappa shape index (κ2) is 8.96. The SMILES string of the molecule is CCCc1ccc(-c2ccc(-c3cc(F)c(/C=C/C(F)(F)F)c(F)c3)c(F)c2)c(F)c1. The monoisotopic (exact) mass is 438 g/mol. The first-order valence-corrected chi connectivity index (χ1v) is 9.42. The summed E-state index contributed by atoms with van der Waals surface area (Å²) in [5, 5.41) is 0. The van der Waals surface area contributed by atoms with Gasteiger partial charge in [0.05, 0.1) is 0 Å². The number of hydrogen-bond acceptors (Lipinski definition) is 0. The predicted molar refractivity (Wildman–Crippen MR) is 106 cm³/mol.